The topological polar surface area (TPSA) is 37.3 Å². The first-order valence-electron chi connectivity index (χ1n) is 5.84. The van der Waals surface area contributed by atoms with Crippen molar-refractivity contribution in [3.8, 4) is 0 Å². The van der Waals surface area contributed by atoms with Gasteiger partial charge in [0.05, 0.1) is 5.92 Å². The molecule has 1 aromatic carbocycles. The van der Waals surface area contributed by atoms with Crippen LogP contribution >= 0.6 is 0 Å². The zero-order valence-corrected chi connectivity index (χ0v) is 10.3. The van der Waals surface area contributed by atoms with Gasteiger partial charge in [-0.15, -0.1) is 0 Å². The number of aliphatic carboxylic acids is 1. The Morgan fingerprint density at radius 3 is 2.29 bits per heavy atom. The molecule has 3 heteroatoms. The summed E-state index contributed by atoms with van der Waals surface area (Å²) in [5, 5.41) is 9.14. The number of carbonyl (C=O) groups is 1. The molecular formula is C14H17FO2. The standard InChI is InChI=1S/C14H17FO2/c1-8(9-4-6-10(15)7-5-9)11-12(13(16)17)14(11,2)3/h4-8,11-12H,1-3H3,(H,16,17)/t8?,11-,12+/m1/s1. The van der Waals surface area contributed by atoms with Crippen LogP contribution in [0.1, 0.15) is 32.3 Å². The van der Waals surface area contributed by atoms with Gasteiger partial charge in [0.25, 0.3) is 0 Å². The summed E-state index contributed by atoms with van der Waals surface area (Å²) in [5.41, 5.74) is 0.841. The molecule has 0 radical (unpaired) electrons. The first kappa shape index (κ1) is 12.1. The molecule has 0 spiro atoms. The van der Waals surface area contributed by atoms with Crippen LogP contribution in [-0.4, -0.2) is 11.1 Å². The van der Waals surface area contributed by atoms with E-state index in [-0.39, 0.29) is 29.0 Å². The fraction of sp³-hybridized carbons (Fsp3) is 0.500. The summed E-state index contributed by atoms with van der Waals surface area (Å²) in [6.45, 7) is 5.98. The van der Waals surface area contributed by atoms with E-state index in [1.165, 1.54) is 12.1 Å². The fourth-order valence-corrected chi connectivity index (χ4v) is 3.06. The molecule has 0 amide bonds. The summed E-state index contributed by atoms with van der Waals surface area (Å²) < 4.78 is 12.8. The molecule has 2 rings (SSSR count). The number of rotatable bonds is 3. The summed E-state index contributed by atoms with van der Waals surface area (Å²) in [7, 11) is 0. The van der Waals surface area contributed by atoms with Crippen molar-refractivity contribution in [1.29, 1.82) is 0 Å². The second-order valence-electron chi connectivity index (χ2n) is 5.50. The van der Waals surface area contributed by atoms with Crippen LogP contribution in [0.5, 0.6) is 0 Å². The molecule has 0 aliphatic heterocycles. The minimum absolute atomic E-state index is 0.130. The van der Waals surface area contributed by atoms with Crippen LogP contribution in [0.2, 0.25) is 0 Å². The summed E-state index contributed by atoms with van der Waals surface area (Å²) in [6.07, 6.45) is 0. The molecule has 0 aromatic heterocycles. The van der Waals surface area contributed by atoms with Gasteiger partial charge in [-0.2, -0.15) is 0 Å². The van der Waals surface area contributed by atoms with E-state index in [2.05, 4.69) is 0 Å². The largest absolute Gasteiger partial charge is 0.481 e. The van der Waals surface area contributed by atoms with Gasteiger partial charge in [0.2, 0.25) is 0 Å². The van der Waals surface area contributed by atoms with Crippen molar-refractivity contribution >= 4 is 5.97 Å². The second kappa shape index (κ2) is 3.83. The molecule has 0 bridgehead atoms. The van der Waals surface area contributed by atoms with Gasteiger partial charge in [0, 0.05) is 0 Å². The molecule has 1 saturated carbocycles. The molecular weight excluding hydrogens is 219 g/mol. The Morgan fingerprint density at radius 1 is 1.35 bits per heavy atom. The maximum atomic E-state index is 12.8. The van der Waals surface area contributed by atoms with Gasteiger partial charge in [0.15, 0.2) is 0 Å². The highest BCUT2D eigenvalue weighted by Crippen LogP contribution is 2.63. The lowest BCUT2D eigenvalue weighted by atomic mass is 9.92. The first-order chi connectivity index (χ1) is 7.85. The van der Waals surface area contributed by atoms with E-state index >= 15 is 0 Å². The van der Waals surface area contributed by atoms with Crippen molar-refractivity contribution < 1.29 is 14.3 Å². The van der Waals surface area contributed by atoms with Crippen LogP contribution in [0.25, 0.3) is 0 Å². The summed E-state index contributed by atoms with van der Waals surface area (Å²) >= 11 is 0. The van der Waals surface area contributed by atoms with Crippen molar-refractivity contribution in [3.05, 3.63) is 35.6 Å². The third-order valence-electron chi connectivity index (χ3n) is 4.11. The van der Waals surface area contributed by atoms with Crippen molar-refractivity contribution in [1.82, 2.24) is 0 Å². The Morgan fingerprint density at radius 2 is 1.88 bits per heavy atom. The average molecular weight is 236 g/mol. The van der Waals surface area contributed by atoms with Gasteiger partial charge >= 0.3 is 5.97 Å². The normalized spacial score (nSPS) is 27.5. The van der Waals surface area contributed by atoms with E-state index in [4.69, 9.17) is 5.11 Å². The number of hydrogen-bond acceptors (Lipinski definition) is 1. The predicted molar refractivity (Wildman–Crippen MR) is 63.2 cm³/mol. The van der Waals surface area contributed by atoms with Gasteiger partial charge in [-0.3, -0.25) is 4.79 Å². The summed E-state index contributed by atoms with van der Waals surface area (Å²) in [4.78, 5) is 11.1. The number of hydrogen-bond donors (Lipinski definition) is 1. The Hall–Kier alpha value is -1.38. The molecule has 1 unspecified atom stereocenters. The third-order valence-corrected chi connectivity index (χ3v) is 4.11. The molecule has 2 nitrogen and oxygen atoms in total. The maximum Gasteiger partial charge on any atom is 0.307 e. The zero-order valence-electron chi connectivity index (χ0n) is 10.3. The van der Waals surface area contributed by atoms with Crippen LogP contribution in [0.3, 0.4) is 0 Å². The summed E-state index contributed by atoms with van der Waals surface area (Å²) in [5.74, 6) is -1.00. The minimum Gasteiger partial charge on any atom is -0.481 e. The maximum absolute atomic E-state index is 12.8. The van der Waals surface area contributed by atoms with E-state index in [1.54, 1.807) is 12.1 Å². The highest BCUT2D eigenvalue weighted by Gasteiger charge is 2.63. The van der Waals surface area contributed by atoms with Crippen molar-refractivity contribution in [2.45, 2.75) is 26.7 Å². The quantitative estimate of drug-likeness (QED) is 0.874. The minimum atomic E-state index is -0.728. The van der Waals surface area contributed by atoms with Crippen LogP contribution in [-0.2, 0) is 4.79 Å². The Bertz CT molecular complexity index is 436. The summed E-state index contributed by atoms with van der Waals surface area (Å²) in [6, 6.07) is 6.34. The van der Waals surface area contributed by atoms with E-state index in [9.17, 15) is 9.18 Å². The molecule has 1 aliphatic carbocycles. The van der Waals surface area contributed by atoms with Gasteiger partial charge in [-0.1, -0.05) is 32.9 Å². The molecule has 92 valence electrons. The molecule has 1 aromatic rings. The third kappa shape index (κ3) is 1.94. The lowest BCUT2D eigenvalue weighted by Gasteiger charge is -2.13. The number of benzene rings is 1. The van der Waals surface area contributed by atoms with Crippen LogP contribution in [0.15, 0.2) is 24.3 Å². The molecule has 1 N–H and O–H groups in total. The van der Waals surface area contributed by atoms with Crippen molar-refractivity contribution in [2.24, 2.45) is 17.3 Å². The predicted octanol–water partition coefficient (Wildman–Crippen LogP) is 3.29. The Labute approximate surface area is 100 Å². The molecule has 1 fully saturated rings. The molecule has 1 aliphatic rings. The molecule has 17 heavy (non-hydrogen) atoms. The average Bonchev–Trinajstić information content (AvgIpc) is 2.82. The monoisotopic (exact) mass is 236 g/mol. The van der Waals surface area contributed by atoms with Crippen LogP contribution in [0, 0.1) is 23.1 Å². The van der Waals surface area contributed by atoms with Gasteiger partial charge in [-0.25, -0.2) is 4.39 Å². The van der Waals surface area contributed by atoms with Gasteiger partial charge in [0.1, 0.15) is 5.82 Å². The highest BCUT2D eigenvalue weighted by atomic mass is 19.1. The lowest BCUT2D eigenvalue weighted by Crippen LogP contribution is -2.04. The molecule has 0 saturated heterocycles. The van der Waals surface area contributed by atoms with Crippen LogP contribution < -0.4 is 0 Å². The number of carboxylic acid groups (broad SMARTS) is 1. The Kier molecular flexibility index (Phi) is 2.72. The van der Waals surface area contributed by atoms with Gasteiger partial charge in [-0.05, 0) is 34.9 Å². The van der Waals surface area contributed by atoms with E-state index in [0.717, 1.165) is 5.56 Å². The van der Waals surface area contributed by atoms with E-state index in [1.807, 2.05) is 20.8 Å². The van der Waals surface area contributed by atoms with E-state index < -0.39 is 5.97 Å². The molecule has 3 atom stereocenters. The highest BCUT2D eigenvalue weighted by molar-refractivity contribution is 5.75. The van der Waals surface area contributed by atoms with Crippen LogP contribution in [0.4, 0.5) is 4.39 Å². The smallest absolute Gasteiger partial charge is 0.307 e. The second-order valence-corrected chi connectivity index (χ2v) is 5.50. The van der Waals surface area contributed by atoms with Crippen molar-refractivity contribution in [3.63, 3.8) is 0 Å². The Balaban J connectivity index is 2.20. The zero-order chi connectivity index (χ0) is 12.8. The SMILES string of the molecule is CC(c1ccc(F)cc1)[C@@H]1[C@@H](C(=O)O)C1(C)C. The lowest BCUT2D eigenvalue weighted by molar-refractivity contribution is -0.139. The fourth-order valence-electron chi connectivity index (χ4n) is 3.06. The van der Waals surface area contributed by atoms with Gasteiger partial charge < -0.3 is 5.11 Å². The van der Waals surface area contributed by atoms with Crippen molar-refractivity contribution in [2.75, 3.05) is 0 Å². The number of halogens is 1. The van der Waals surface area contributed by atoms with E-state index in [0.29, 0.717) is 0 Å². The first-order valence-corrected chi connectivity index (χ1v) is 5.84. The number of carboxylic acids is 1. The molecule has 0 heterocycles.